The molecule has 2 aromatic rings. The molecule has 0 atom stereocenters. The largest absolute Gasteiger partial charge is 0.346 e. The summed E-state index contributed by atoms with van der Waals surface area (Å²) in [6, 6.07) is 9.72. The zero-order valence-electron chi connectivity index (χ0n) is 15.0. The molecule has 26 heavy (non-hydrogen) atoms. The summed E-state index contributed by atoms with van der Waals surface area (Å²) in [6.07, 6.45) is 7.49. The molecule has 1 amide bonds. The third-order valence-electron chi connectivity index (χ3n) is 6.65. The zero-order valence-corrected chi connectivity index (χ0v) is 15.8. The molecule has 4 fully saturated rings. The molecule has 6 rings (SSSR count). The number of halogens is 1. The van der Waals surface area contributed by atoms with E-state index in [2.05, 4.69) is 10.4 Å². The van der Waals surface area contributed by atoms with E-state index in [1.165, 1.54) is 19.3 Å². The van der Waals surface area contributed by atoms with Crippen molar-refractivity contribution in [3.63, 3.8) is 0 Å². The molecule has 0 aliphatic heterocycles. The minimum atomic E-state index is -0.0587. The summed E-state index contributed by atoms with van der Waals surface area (Å²) >= 11 is 6.59. The summed E-state index contributed by atoms with van der Waals surface area (Å²) in [4.78, 5) is 13.2. The van der Waals surface area contributed by atoms with Crippen molar-refractivity contribution in [2.45, 2.75) is 51.0 Å². The van der Waals surface area contributed by atoms with E-state index in [4.69, 9.17) is 11.6 Å². The van der Waals surface area contributed by atoms with Gasteiger partial charge in [-0.15, -0.1) is 0 Å². The van der Waals surface area contributed by atoms with Gasteiger partial charge in [-0.05, 0) is 75.3 Å². The Hall–Kier alpha value is -1.81. The first-order valence-corrected chi connectivity index (χ1v) is 10.0. The van der Waals surface area contributed by atoms with E-state index < -0.39 is 0 Å². The SMILES string of the molecule is Cc1nn(-c2ccccc2)c(Cl)c1C(=O)NC12CC3CC(CC(C3)C1)C2. The van der Waals surface area contributed by atoms with Gasteiger partial charge in [0.25, 0.3) is 5.91 Å². The van der Waals surface area contributed by atoms with Crippen LogP contribution in [0.15, 0.2) is 30.3 Å². The number of aromatic nitrogens is 2. The minimum Gasteiger partial charge on any atom is -0.346 e. The lowest BCUT2D eigenvalue weighted by Gasteiger charge is -2.56. The molecule has 0 spiro atoms. The molecule has 4 aliphatic carbocycles. The number of amides is 1. The van der Waals surface area contributed by atoms with Crippen LogP contribution in [0.2, 0.25) is 5.15 Å². The first-order valence-electron chi connectivity index (χ1n) is 9.66. The number of nitrogens with one attached hydrogen (secondary N) is 1. The fourth-order valence-corrected chi connectivity index (χ4v) is 6.42. The quantitative estimate of drug-likeness (QED) is 0.863. The Balaban J connectivity index is 1.44. The summed E-state index contributed by atoms with van der Waals surface area (Å²) in [5.41, 5.74) is 2.05. The number of carbonyl (C=O) groups is 1. The van der Waals surface area contributed by atoms with Gasteiger partial charge in [0.15, 0.2) is 0 Å². The Bertz CT molecular complexity index is 822. The standard InChI is InChI=1S/C21H24ClN3O/c1-13-18(19(22)25(24-13)17-5-3-2-4-6-17)20(26)23-21-10-14-7-15(11-21)9-16(8-14)12-21/h2-6,14-16H,7-12H2,1H3,(H,23,26). The Morgan fingerprint density at radius 2 is 1.69 bits per heavy atom. The number of nitrogens with zero attached hydrogens (tertiary/aromatic N) is 2. The molecule has 1 aromatic heterocycles. The third kappa shape index (κ3) is 2.58. The summed E-state index contributed by atoms with van der Waals surface area (Å²) in [6.45, 7) is 1.86. The van der Waals surface area contributed by atoms with Gasteiger partial charge in [-0.25, -0.2) is 4.68 Å². The van der Waals surface area contributed by atoms with E-state index in [1.807, 2.05) is 37.3 Å². The molecule has 1 N–H and O–H groups in total. The topological polar surface area (TPSA) is 46.9 Å². The summed E-state index contributed by atoms with van der Waals surface area (Å²) < 4.78 is 1.66. The van der Waals surface area contributed by atoms with Gasteiger partial charge in [0, 0.05) is 5.54 Å². The number of carbonyl (C=O) groups excluding carboxylic acids is 1. The predicted molar refractivity (Wildman–Crippen MR) is 102 cm³/mol. The second-order valence-corrected chi connectivity index (χ2v) is 9.01. The molecule has 1 aromatic carbocycles. The van der Waals surface area contributed by atoms with Crippen molar-refractivity contribution < 1.29 is 4.79 Å². The summed E-state index contributed by atoms with van der Waals surface area (Å²) in [7, 11) is 0. The van der Waals surface area contributed by atoms with E-state index in [0.29, 0.717) is 16.4 Å². The predicted octanol–water partition coefficient (Wildman–Crippen LogP) is 4.53. The van der Waals surface area contributed by atoms with Crippen LogP contribution in [0.1, 0.15) is 54.6 Å². The highest BCUT2D eigenvalue weighted by Crippen LogP contribution is 2.55. The summed E-state index contributed by atoms with van der Waals surface area (Å²) in [5.74, 6) is 2.33. The molecule has 4 nitrogen and oxygen atoms in total. The Morgan fingerprint density at radius 3 is 2.27 bits per heavy atom. The zero-order chi connectivity index (χ0) is 17.9. The van der Waals surface area contributed by atoms with E-state index in [1.54, 1.807) is 4.68 Å². The molecule has 4 aliphatic rings. The second-order valence-electron chi connectivity index (χ2n) is 8.65. The van der Waals surface area contributed by atoms with Crippen molar-refractivity contribution in [1.82, 2.24) is 15.1 Å². The highest BCUT2D eigenvalue weighted by Gasteiger charge is 2.51. The third-order valence-corrected chi connectivity index (χ3v) is 7.00. The lowest BCUT2D eigenvalue weighted by Crippen LogP contribution is -2.59. The van der Waals surface area contributed by atoms with Crippen molar-refractivity contribution in [3.05, 3.63) is 46.7 Å². The van der Waals surface area contributed by atoms with Crippen molar-refractivity contribution in [2.24, 2.45) is 17.8 Å². The number of para-hydroxylation sites is 1. The average Bonchev–Trinajstić information content (AvgIpc) is 2.88. The lowest BCUT2D eigenvalue weighted by molar-refractivity contribution is -0.0167. The molecule has 4 saturated carbocycles. The highest BCUT2D eigenvalue weighted by atomic mass is 35.5. The molecule has 1 heterocycles. The monoisotopic (exact) mass is 369 g/mol. The Kier molecular flexibility index (Phi) is 3.68. The average molecular weight is 370 g/mol. The van der Waals surface area contributed by atoms with Gasteiger partial charge in [-0.1, -0.05) is 29.8 Å². The van der Waals surface area contributed by atoms with Gasteiger partial charge in [0.1, 0.15) is 5.15 Å². The maximum Gasteiger partial charge on any atom is 0.256 e. The van der Waals surface area contributed by atoms with Crippen LogP contribution in [-0.4, -0.2) is 21.2 Å². The van der Waals surface area contributed by atoms with Crippen LogP contribution in [0.3, 0.4) is 0 Å². The van der Waals surface area contributed by atoms with Gasteiger partial charge < -0.3 is 5.32 Å². The van der Waals surface area contributed by atoms with Crippen LogP contribution < -0.4 is 5.32 Å². The van der Waals surface area contributed by atoms with Gasteiger partial charge in [-0.3, -0.25) is 4.79 Å². The van der Waals surface area contributed by atoms with Crippen LogP contribution in [0, 0.1) is 24.7 Å². The van der Waals surface area contributed by atoms with E-state index >= 15 is 0 Å². The van der Waals surface area contributed by atoms with Crippen molar-refractivity contribution >= 4 is 17.5 Å². The normalized spacial score (nSPS) is 32.0. The van der Waals surface area contributed by atoms with Crippen LogP contribution in [0.4, 0.5) is 0 Å². The number of hydrogen-bond acceptors (Lipinski definition) is 2. The number of rotatable bonds is 3. The first-order chi connectivity index (χ1) is 12.5. The van der Waals surface area contributed by atoms with Gasteiger partial charge >= 0.3 is 0 Å². The van der Waals surface area contributed by atoms with E-state index in [0.717, 1.165) is 42.7 Å². The minimum absolute atomic E-state index is 0.0174. The van der Waals surface area contributed by atoms with Gasteiger partial charge in [0.05, 0.1) is 16.9 Å². The molecular formula is C21H24ClN3O. The first kappa shape index (κ1) is 16.4. The fraction of sp³-hybridized carbons (Fsp3) is 0.524. The van der Waals surface area contributed by atoms with E-state index in [-0.39, 0.29) is 11.4 Å². The highest BCUT2D eigenvalue weighted by molar-refractivity contribution is 6.33. The van der Waals surface area contributed by atoms with E-state index in [9.17, 15) is 4.79 Å². The summed E-state index contributed by atoms with van der Waals surface area (Å²) in [5, 5.41) is 8.33. The van der Waals surface area contributed by atoms with Crippen LogP contribution in [0.5, 0.6) is 0 Å². The lowest BCUT2D eigenvalue weighted by atomic mass is 9.53. The Morgan fingerprint density at radius 1 is 1.12 bits per heavy atom. The molecule has 5 heteroatoms. The van der Waals surface area contributed by atoms with Crippen LogP contribution in [0.25, 0.3) is 5.69 Å². The molecular weight excluding hydrogens is 346 g/mol. The molecule has 4 bridgehead atoms. The van der Waals surface area contributed by atoms with Gasteiger partial charge in [-0.2, -0.15) is 5.10 Å². The maximum absolute atomic E-state index is 13.2. The molecule has 136 valence electrons. The smallest absolute Gasteiger partial charge is 0.256 e. The fourth-order valence-electron chi connectivity index (χ4n) is 6.06. The molecule has 0 radical (unpaired) electrons. The number of benzene rings is 1. The number of hydrogen-bond donors (Lipinski definition) is 1. The molecule has 0 unspecified atom stereocenters. The van der Waals surface area contributed by atoms with Crippen LogP contribution >= 0.6 is 11.6 Å². The van der Waals surface area contributed by atoms with Crippen LogP contribution in [-0.2, 0) is 0 Å². The van der Waals surface area contributed by atoms with Crippen molar-refractivity contribution in [2.75, 3.05) is 0 Å². The number of aryl methyl sites for hydroxylation is 1. The van der Waals surface area contributed by atoms with Crippen molar-refractivity contribution in [1.29, 1.82) is 0 Å². The Labute approximate surface area is 158 Å². The molecule has 0 saturated heterocycles. The van der Waals surface area contributed by atoms with Crippen molar-refractivity contribution in [3.8, 4) is 5.69 Å². The maximum atomic E-state index is 13.2. The second kappa shape index (κ2) is 5.85. The van der Waals surface area contributed by atoms with Gasteiger partial charge in [0.2, 0.25) is 0 Å².